The number of fused-ring (bicyclic) bond motifs is 1. The molecule has 4 rings (SSSR count). The Hall–Kier alpha value is -2.93. The Kier molecular flexibility index (Phi) is 4.30. The fourth-order valence-corrected chi connectivity index (χ4v) is 2.79. The van der Waals surface area contributed by atoms with Gasteiger partial charge in [0.1, 0.15) is 23.7 Å². The number of morpholine rings is 1. The van der Waals surface area contributed by atoms with Gasteiger partial charge in [-0.15, -0.1) is 0 Å². The van der Waals surface area contributed by atoms with Gasteiger partial charge in [-0.05, 0) is 12.1 Å². The summed E-state index contributed by atoms with van der Waals surface area (Å²) in [5, 5.41) is 4.24. The van der Waals surface area contributed by atoms with Gasteiger partial charge in [-0.2, -0.15) is 0 Å². The molecule has 1 aliphatic heterocycles. The van der Waals surface area contributed by atoms with Crippen LogP contribution in [-0.4, -0.2) is 48.4 Å². The van der Waals surface area contributed by atoms with Gasteiger partial charge in [-0.25, -0.2) is 15.0 Å². The second-order valence-electron chi connectivity index (χ2n) is 5.65. The summed E-state index contributed by atoms with van der Waals surface area (Å²) in [7, 11) is 1.61. The fourth-order valence-electron chi connectivity index (χ4n) is 2.79. The molecule has 0 amide bonds. The van der Waals surface area contributed by atoms with Gasteiger partial charge in [0.2, 0.25) is 0 Å². The molecule has 1 aliphatic rings. The molecule has 1 saturated heterocycles. The molecule has 1 fully saturated rings. The van der Waals surface area contributed by atoms with E-state index in [0.29, 0.717) is 5.75 Å². The minimum atomic E-state index is 0.649. The van der Waals surface area contributed by atoms with Gasteiger partial charge in [-0.1, -0.05) is 0 Å². The minimum Gasteiger partial charge on any atom is -0.496 e. The number of aromatic nitrogens is 3. The van der Waals surface area contributed by atoms with Crippen molar-refractivity contribution in [2.45, 2.75) is 0 Å². The Balaban J connectivity index is 1.63. The number of hydrogen-bond acceptors (Lipinski definition) is 7. The second kappa shape index (κ2) is 6.90. The Bertz CT molecular complexity index is 880. The van der Waals surface area contributed by atoms with Crippen molar-refractivity contribution in [2.75, 3.05) is 43.6 Å². The molecule has 0 spiro atoms. The summed E-state index contributed by atoms with van der Waals surface area (Å²) in [6.45, 7) is 3.16. The molecular formula is C18H18N5O2. The molecule has 3 aromatic rings. The van der Waals surface area contributed by atoms with Crippen LogP contribution >= 0.6 is 0 Å². The van der Waals surface area contributed by atoms with Crippen molar-refractivity contribution in [2.24, 2.45) is 0 Å². The van der Waals surface area contributed by atoms with Crippen LogP contribution in [-0.2, 0) is 4.74 Å². The number of hydrogen-bond donors (Lipinski definition) is 1. The molecule has 127 valence electrons. The van der Waals surface area contributed by atoms with Gasteiger partial charge in [-0.3, -0.25) is 0 Å². The molecule has 25 heavy (non-hydrogen) atoms. The first-order chi connectivity index (χ1) is 12.3. The van der Waals surface area contributed by atoms with Crippen molar-refractivity contribution in [3.63, 3.8) is 0 Å². The molecule has 7 nitrogen and oxygen atoms in total. The summed E-state index contributed by atoms with van der Waals surface area (Å²) >= 11 is 0. The Morgan fingerprint density at radius 3 is 2.92 bits per heavy atom. The van der Waals surface area contributed by atoms with E-state index < -0.39 is 0 Å². The first-order valence-corrected chi connectivity index (χ1v) is 8.10. The van der Waals surface area contributed by atoms with E-state index in [2.05, 4.69) is 31.2 Å². The van der Waals surface area contributed by atoms with Gasteiger partial charge in [0.15, 0.2) is 0 Å². The lowest BCUT2D eigenvalue weighted by Crippen LogP contribution is -2.36. The quantitative estimate of drug-likeness (QED) is 0.784. The number of rotatable bonds is 4. The highest BCUT2D eigenvalue weighted by Gasteiger charge is 2.13. The van der Waals surface area contributed by atoms with Crippen molar-refractivity contribution in [1.82, 2.24) is 15.0 Å². The average Bonchev–Trinajstić information content (AvgIpc) is 2.69. The van der Waals surface area contributed by atoms with Crippen molar-refractivity contribution < 1.29 is 9.47 Å². The lowest BCUT2D eigenvalue weighted by molar-refractivity contribution is 0.122. The third-order valence-electron chi connectivity index (χ3n) is 4.10. The average molecular weight is 336 g/mol. The normalized spacial score (nSPS) is 14.5. The van der Waals surface area contributed by atoms with Crippen LogP contribution in [0.1, 0.15) is 0 Å². The van der Waals surface area contributed by atoms with Crippen molar-refractivity contribution in [3.8, 4) is 5.75 Å². The number of ether oxygens (including phenoxy) is 2. The lowest BCUT2D eigenvalue weighted by Gasteiger charge is -2.28. The third-order valence-corrected chi connectivity index (χ3v) is 4.10. The van der Waals surface area contributed by atoms with Crippen molar-refractivity contribution in [1.29, 1.82) is 0 Å². The third kappa shape index (κ3) is 3.32. The summed E-state index contributed by atoms with van der Waals surface area (Å²) in [5.41, 5.74) is 1.72. The predicted octanol–water partition coefficient (Wildman–Crippen LogP) is 2.41. The van der Waals surface area contributed by atoms with E-state index in [0.717, 1.165) is 54.5 Å². The molecular weight excluding hydrogens is 318 g/mol. The van der Waals surface area contributed by atoms with Crippen molar-refractivity contribution in [3.05, 3.63) is 42.9 Å². The molecule has 0 saturated carbocycles. The largest absolute Gasteiger partial charge is 0.496 e. The maximum Gasteiger partial charge on any atom is 0.141 e. The number of benzene rings is 1. The van der Waals surface area contributed by atoms with E-state index in [1.807, 2.05) is 24.3 Å². The van der Waals surface area contributed by atoms with E-state index in [1.54, 1.807) is 13.3 Å². The fraction of sp³-hybridized carbons (Fsp3) is 0.278. The predicted molar refractivity (Wildman–Crippen MR) is 95.5 cm³/mol. The van der Waals surface area contributed by atoms with E-state index in [-0.39, 0.29) is 0 Å². The summed E-state index contributed by atoms with van der Waals surface area (Å²) in [6.07, 6.45) is 3.33. The van der Waals surface area contributed by atoms with Crippen LogP contribution in [0, 0.1) is 6.07 Å². The van der Waals surface area contributed by atoms with Crippen LogP contribution in [0.15, 0.2) is 36.8 Å². The van der Waals surface area contributed by atoms with E-state index in [9.17, 15) is 0 Å². The van der Waals surface area contributed by atoms with Gasteiger partial charge >= 0.3 is 0 Å². The smallest absolute Gasteiger partial charge is 0.141 e. The Morgan fingerprint density at radius 2 is 2.08 bits per heavy atom. The molecule has 3 heterocycles. The zero-order chi connectivity index (χ0) is 17.1. The molecule has 0 bridgehead atoms. The van der Waals surface area contributed by atoms with Gasteiger partial charge < -0.3 is 19.7 Å². The van der Waals surface area contributed by atoms with Crippen LogP contribution < -0.4 is 15.0 Å². The summed E-state index contributed by atoms with van der Waals surface area (Å²) < 4.78 is 10.6. The van der Waals surface area contributed by atoms with Crippen LogP contribution in [0.25, 0.3) is 10.9 Å². The lowest BCUT2D eigenvalue weighted by atomic mass is 10.2. The first-order valence-electron chi connectivity index (χ1n) is 8.10. The molecule has 1 N–H and O–H groups in total. The molecule has 2 aromatic heterocycles. The van der Waals surface area contributed by atoms with Gasteiger partial charge in [0.05, 0.1) is 25.8 Å². The van der Waals surface area contributed by atoms with Crippen LogP contribution in [0.5, 0.6) is 5.75 Å². The summed E-state index contributed by atoms with van der Waals surface area (Å²) in [4.78, 5) is 15.3. The van der Waals surface area contributed by atoms with Gasteiger partial charge in [0, 0.05) is 48.6 Å². The van der Waals surface area contributed by atoms with Crippen LogP contribution in [0.2, 0.25) is 0 Å². The zero-order valence-corrected chi connectivity index (χ0v) is 13.9. The first kappa shape index (κ1) is 15.6. The van der Waals surface area contributed by atoms with E-state index in [1.165, 1.54) is 6.33 Å². The van der Waals surface area contributed by atoms with Crippen molar-refractivity contribution >= 4 is 28.2 Å². The maximum atomic E-state index is 5.40. The number of nitrogens with one attached hydrogen (secondary N) is 1. The second-order valence-corrected chi connectivity index (χ2v) is 5.65. The minimum absolute atomic E-state index is 0.649. The highest BCUT2D eigenvalue weighted by atomic mass is 16.5. The molecule has 7 heteroatoms. The zero-order valence-electron chi connectivity index (χ0n) is 13.9. The SMILES string of the molecule is COc1[c]cc2c(Nc3ccnc(N4CCOCC4)c3)ncnc2c1. The highest BCUT2D eigenvalue weighted by Crippen LogP contribution is 2.26. The number of pyridine rings is 1. The number of anilines is 3. The topological polar surface area (TPSA) is 72.4 Å². The standard InChI is InChI=1S/C18H18N5O2/c1-24-14-2-3-15-16(11-14)20-12-21-18(15)22-13-4-5-19-17(10-13)23-6-8-25-9-7-23/h3-5,10-12H,6-9H2,1H3,(H,19,20,21,22). The highest BCUT2D eigenvalue weighted by molar-refractivity contribution is 5.91. The maximum absolute atomic E-state index is 5.40. The monoisotopic (exact) mass is 336 g/mol. The summed E-state index contributed by atoms with van der Waals surface area (Å²) in [6, 6.07) is 10.7. The summed E-state index contributed by atoms with van der Waals surface area (Å²) in [5.74, 6) is 2.30. The number of nitrogens with zero attached hydrogens (tertiary/aromatic N) is 4. The molecule has 1 aromatic carbocycles. The van der Waals surface area contributed by atoms with Gasteiger partial charge in [0.25, 0.3) is 0 Å². The van der Waals surface area contributed by atoms with Crippen LogP contribution in [0.3, 0.4) is 0 Å². The van der Waals surface area contributed by atoms with Crippen LogP contribution in [0.4, 0.5) is 17.3 Å². The Morgan fingerprint density at radius 1 is 1.20 bits per heavy atom. The Labute approximate surface area is 145 Å². The molecule has 0 aliphatic carbocycles. The molecule has 0 unspecified atom stereocenters. The van der Waals surface area contributed by atoms with E-state index in [4.69, 9.17) is 9.47 Å². The molecule has 0 atom stereocenters. The number of methoxy groups -OCH3 is 1. The molecule has 1 radical (unpaired) electrons. The van der Waals surface area contributed by atoms with E-state index >= 15 is 0 Å².